The van der Waals surface area contributed by atoms with Crippen LogP contribution in [0.15, 0.2) is 47.4 Å². The second kappa shape index (κ2) is 5.96. The predicted molar refractivity (Wildman–Crippen MR) is 101 cm³/mol. The number of hydrogen-bond acceptors (Lipinski definition) is 5. The Bertz CT molecular complexity index is 1210. The molecule has 0 fully saturated rings. The molecule has 1 N–H and O–H groups in total. The second-order valence-corrected chi connectivity index (χ2v) is 6.87. The molecule has 2 aromatic carbocycles. The maximum Gasteiger partial charge on any atom is 0.341 e. The highest BCUT2D eigenvalue weighted by Gasteiger charge is 2.18. The molecular formula is C19H14N2O4S. The van der Waals surface area contributed by atoms with Crippen LogP contribution in [-0.2, 0) is 7.05 Å². The minimum absolute atomic E-state index is 0.269. The molecule has 2 heterocycles. The van der Waals surface area contributed by atoms with Crippen molar-refractivity contribution in [2.75, 3.05) is 7.11 Å². The normalized spacial score (nSPS) is 11.2. The van der Waals surface area contributed by atoms with Crippen molar-refractivity contribution in [2.45, 2.75) is 0 Å². The standard InChI is InChI=1S/C19H14N2O4S/c1-21-9-12(19(23)24)17(22)10-8-15(25-2)11(7-14(10)21)18-20-13-5-3-4-6-16(13)26-18/h3-9H,1-2H3,(H,23,24). The molecule has 0 radical (unpaired) electrons. The molecule has 7 heteroatoms. The fourth-order valence-electron chi connectivity index (χ4n) is 2.98. The maximum absolute atomic E-state index is 12.5. The number of benzene rings is 2. The molecule has 0 aliphatic heterocycles. The Labute approximate surface area is 151 Å². The molecular weight excluding hydrogens is 352 g/mol. The van der Waals surface area contributed by atoms with E-state index in [1.807, 2.05) is 30.3 Å². The zero-order valence-electron chi connectivity index (χ0n) is 14.0. The van der Waals surface area contributed by atoms with Gasteiger partial charge in [-0.2, -0.15) is 0 Å². The first kappa shape index (κ1) is 16.3. The van der Waals surface area contributed by atoms with Gasteiger partial charge in [0.15, 0.2) is 0 Å². The van der Waals surface area contributed by atoms with E-state index in [-0.39, 0.29) is 5.56 Å². The molecule has 0 saturated heterocycles. The van der Waals surface area contributed by atoms with E-state index in [1.54, 1.807) is 17.7 Å². The van der Waals surface area contributed by atoms with Crippen molar-refractivity contribution in [2.24, 2.45) is 7.05 Å². The number of aromatic nitrogens is 2. The maximum atomic E-state index is 12.5. The van der Waals surface area contributed by atoms with E-state index in [0.717, 1.165) is 20.8 Å². The molecule has 0 unspecified atom stereocenters. The number of ether oxygens (including phenoxy) is 1. The lowest BCUT2D eigenvalue weighted by Gasteiger charge is -2.12. The summed E-state index contributed by atoms with van der Waals surface area (Å²) in [5.74, 6) is -0.766. The Hall–Kier alpha value is -3.19. The van der Waals surface area contributed by atoms with E-state index >= 15 is 0 Å². The quantitative estimate of drug-likeness (QED) is 0.600. The monoisotopic (exact) mass is 366 g/mol. The Morgan fingerprint density at radius 2 is 2.04 bits per heavy atom. The molecule has 0 bridgehead atoms. The number of methoxy groups -OCH3 is 1. The van der Waals surface area contributed by atoms with Crippen molar-refractivity contribution >= 4 is 38.4 Å². The summed E-state index contributed by atoms with van der Waals surface area (Å²) in [5, 5.41) is 10.3. The third-order valence-electron chi connectivity index (χ3n) is 4.26. The molecule has 0 aliphatic rings. The fraction of sp³-hybridized carbons (Fsp3) is 0.105. The first-order valence-corrected chi connectivity index (χ1v) is 8.62. The number of aromatic carboxylic acids is 1. The van der Waals surface area contributed by atoms with Gasteiger partial charge in [-0.3, -0.25) is 4.79 Å². The van der Waals surface area contributed by atoms with Crippen LogP contribution in [0.2, 0.25) is 0 Å². The van der Waals surface area contributed by atoms with E-state index in [9.17, 15) is 14.7 Å². The van der Waals surface area contributed by atoms with Crippen LogP contribution in [0.3, 0.4) is 0 Å². The molecule has 6 nitrogen and oxygen atoms in total. The summed E-state index contributed by atoms with van der Waals surface area (Å²) in [5.41, 5.74) is 1.48. The number of nitrogens with zero attached hydrogens (tertiary/aromatic N) is 2. The van der Waals surface area contributed by atoms with Crippen molar-refractivity contribution in [3.63, 3.8) is 0 Å². The number of carboxylic acid groups (broad SMARTS) is 1. The zero-order chi connectivity index (χ0) is 18.4. The third kappa shape index (κ3) is 2.44. The zero-order valence-corrected chi connectivity index (χ0v) is 14.8. The molecule has 130 valence electrons. The number of rotatable bonds is 3. The summed E-state index contributed by atoms with van der Waals surface area (Å²) in [4.78, 5) is 28.5. The molecule has 26 heavy (non-hydrogen) atoms. The van der Waals surface area contributed by atoms with E-state index in [0.29, 0.717) is 16.7 Å². The molecule has 0 spiro atoms. The molecule has 0 atom stereocenters. The minimum Gasteiger partial charge on any atom is -0.496 e. The molecule has 2 aromatic heterocycles. The summed E-state index contributed by atoms with van der Waals surface area (Å²) in [7, 11) is 3.23. The summed E-state index contributed by atoms with van der Waals surface area (Å²) >= 11 is 1.53. The van der Waals surface area contributed by atoms with Gasteiger partial charge in [0.05, 0.1) is 33.8 Å². The van der Waals surface area contributed by atoms with Crippen molar-refractivity contribution < 1.29 is 14.6 Å². The second-order valence-electron chi connectivity index (χ2n) is 5.84. The van der Waals surface area contributed by atoms with Crippen LogP contribution in [-0.4, -0.2) is 27.7 Å². The Morgan fingerprint density at radius 3 is 2.73 bits per heavy atom. The topological polar surface area (TPSA) is 81.4 Å². The summed E-state index contributed by atoms with van der Waals surface area (Å²) in [6.45, 7) is 0. The first-order chi connectivity index (χ1) is 12.5. The lowest BCUT2D eigenvalue weighted by molar-refractivity contribution is 0.0695. The highest BCUT2D eigenvalue weighted by Crippen LogP contribution is 2.37. The SMILES string of the molecule is COc1cc2c(=O)c(C(=O)O)cn(C)c2cc1-c1nc2ccccc2s1. The summed E-state index contributed by atoms with van der Waals surface area (Å²) in [6, 6.07) is 11.2. The number of carboxylic acids is 1. The average Bonchev–Trinajstić information content (AvgIpc) is 3.07. The lowest BCUT2D eigenvalue weighted by Crippen LogP contribution is -2.18. The van der Waals surface area contributed by atoms with Crippen molar-refractivity contribution in [3.8, 4) is 16.3 Å². The number of fused-ring (bicyclic) bond motifs is 2. The fourth-order valence-corrected chi connectivity index (χ4v) is 3.97. The van der Waals surface area contributed by atoms with Crippen molar-refractivity contribution in [1.29, 1.82) is 0 Å². The smallest absolute Gasteiger partial charge is 0.341 e. The third-order valence-corrected chi connectivity index (χ3v) is 5.33. The van der Waals surface area contributed by atoms with E-state index in [4.69, 9.17) is 4.74 Å². The molecule has 4 aromatic rings. The van der Waals surface area contributed by atoms with Crippen LogP contribution < -0.4 is 10.2 Å². The Balaban J connectivity index is 2.04. The van der Waals surface area contributed by atoms with Crippen molar-refractivity contribution in [3.05, 3.63) is 58.4 Å². The average molecular weight is 366 g/mol. The number of aryl methyl sites for hydroxylation is 1. The van der Waals surface area contributed by atoms with Gasteiger partial charge in [-0.05, 0) is 24.3 Å². The predicted octanol–water partition coefficient (Wildman–Crippen LogP) is 3.52. The van der Waals surface area contributed by atoms with Gasteiger partial charge in [-0.1, -0.05) is 12.1 Å². The van der Waals surface area contributed by atoms with Crippen LogP contribution >= 0.6 is 11.3 Å². The Morgan fingerprint density at radius 1 is 1.27 bits per heavy atom. The summed E-state index contributed by atoms with van der Waals surface area (Å²) < 4.78 is 8.16. The highest BCUT2D eigenvalue weighted by atomic mass is 32.1. The largest absolute Gasteiger partial charge is 0.496 e. The van der Waals surface area contributed by atoms with Gasteiger partial charge in [0.1, 0.15) is 16.3 Å². The van der Waals surface area contributed by atoms with E-state index in [1.165, 1.54) is 24.6 Å². The molecule has 0 aliphatic carbocycles. The highest BCUT2D eigenvalue weighted by molar-refractivity contribution is 7.21. The number of carbonyl (C=O) groups is 1. The molecule has 0 amide bonds. The van der Waals surface area contributed by atoms with Gasteiger partial charge < -0.3 is 14.4 Å². The number of thiazole rings is 1. The Kier molecular flexibility index (Phi) is 3.73. The molecule has 4 rings (SSSR count). The minimum atomic E-state index is -1.25. The van der Waals surface area contributed by atoms with E-state index < -0.39 is 11.4 Å². The first-order valence-electron chi connectivity index (χ1n) is 7.80. The van der Waals surface area contributed by atoms with Gasteiger partial charge in [0.25, 0.3) is 0 Å². The van der Waals surface area contributed by atoms with Crippen LogP contribution in [0.5, 0.6) is 5.75 Å². The van der Waals surface area contributed by atoms with Crippen LogP contribution in [0.25, 0.3) is 31.7 Å². The number of hydrogen-bond donors (Lipinski definition) is 1. The molecule has 0 saturated carbocycles. The van der Waals surface area contributed by atoms with Gasteiger partial charge >= 0.3 is 5.97 Å². The summed E-state index contributed by atoms with van der Waals surface area (Å²) in [6.07, 6.45) is 1.33. The van der Waals surface area contributed by atoms with Crippen LogP contribution in [0, 0.1) is 0 Å². The van der Waals surface area contributed by atoms with Crippen molar-refractivity contribution in [1.82, 2.24) is 9.55 Å². The van der Waals surface area contributed by atoms with Crippen LogP contribution in [0.4, 0.5) is 0 Å². The lowest BCUT2D eigenvalue weighted by atomic mass is 10.1. The van der Waals surface area contributed by atoms with Gasteiger partial charge in [0.2, 0.25) is 5.43 Å². The van der Waals surface area contributed by atoms with Crippen LogP contribution in [0.1, 0.15) is 10.4 Å². The van der Waals surface area contributed by atoms with Gasteiger partial charge in [-0.15, -0.1) is 11.3 Å². The number of para-hydroxylation sites is 1. The van der Waals surface area contributed by atoms with E-state index in [2.05, 4.69) is 4.98 Å². The van der Waals surface area contributed by atoms with Gasteiger partial charge in [-0.25, -0.2) is 9.78 Å². The van der Waals surface area contributed by atoms with Gasteiger partial charge in [0, 0.05) is 13.2 Å². The number of pyridine rings is 1.